The van der Waals surface area contributed by atoms with Crippen molar-refractivity contribution in [1.29, 1.82) is 0 Å². The van der Waals surface area contributed by atoms with Crippen molar-refractivity contribution in [2.75, 3.05) is 19.8 Å². The number of nitrogens with zero attached hydrogens (tertiary/aromatic N) is 1. The maximum absolute atomic E-state index is 11.3. The van der Waals surface area contributed by atoms with Crippen molar-refractivity contribution in [1.82, 2.24) is 5.32 Å². The molecule has 6 heteroatoms. The predicted octanol–water partition coefficient (Wildman–Crippen LogP) is 1.13. The minimum absolute atomic E-state index is 0.109. The smallest absolute Gasteiger partial charge is 0.260 e. The average Bonchev–Trinajstić information content (AvgIpc) is 2.44. The molecule has 110 valence electrons. The van der Waals surface area contributed by atoms with Crippen molar-refractivity contribution >= 4 is 11.7 Å². The zero-order valence-electron chi connectivity index (χ0n) is 11.8. The lowest BCUT2D eigenvalue weighted by atomic mass is 10.2. The second-order valence-corrected chi connectivity index (χ2v) is 4.66. The highest BCUT2D eigenvalue weighted by molar-refractivity contribution is 5.81. The van der Waals surface area contributed by atoms with E-state index in [0.29, 0.717) is 18.2 Å². The topological polar surface area (TPSA) is 85.9 Å². The van der Waals surface area contributed by atoms with Crippen molar-refractivity contribution in [2.24, 2.45) is 16.8 Å². The first-order valence-electron chi connectivity index (χ1n) is 6.46. The Labute approximate surface area is 118 Å². The Bertz CT molecular complexity index is 433. The third-order valence-corrected chi connectivity index (χ3v) is 2.21. The van der Waals surface area contributed by atoms with Gasteiger partial charge >= 0.3 is 0 Å². The molecular weight excluding hydrogens is 258 g/mol. The van der Waals surface area contributed by atoms with E-state index in [0.717, 1.165) is 0 Å². The Kier molecular flexibility index (Phi) is 6.95. The van der Waals surface area contributed by atoms with Crippen molar-refractivity contribution < 1.29 is 14.4 Å². The third-order valence-electron chi connectivity index (χ3n) is 2.21. The van der Waals surface area contributed by atoms with Gasteiger partial charge in [-0.1, -0.05) is 37.2 Å². The standard InChI is InChI=1S/C14H21N3O3/c1-11(2)8-16-14(18)10-20-17-13(15)9-19-12-6-4-3-5-7-12/h3-7,11H,8-10H2,1-2H3,(H2,15,17)(H,16,18). The number of nitrogens with one attached hydrogen (secondary N) is 1. The molecule has 0 aliphatic rings. The molecular formula is C14H21N3O3. The Hall–Kier alpha value is -2.24. The molecule has 0 aromatic heterocycles. The van der Waals surface area contributed by atoms with Crippen molar-refractivity contribution in [2.45, 2.75) is 13.8 Å². The van der Waals surface area contributed by atoms with E-state index in [1.807, 2.05) is 44.2 Å². The molecule has 20 heavy (non-hydrogen) atoms. The molecule has 1 aromatic rings. The second-order valence-electron chi connectivity index (χ2n) is 4.66. The number of carbonyl (C=O) groups is 1. The Morgan fingerprint density at radius 1 is 1.30 bits per heavy atom. The largest absolute Gasteiger partial charge is 0.486 e. The highest BCUT2D eigenvalue weighted by Crippen LogP contribution is 2.07. The van der Waals surface area contributed by atoms with Crippen molar-refractivity contribution in [3.63, 3.8) is 0 Å². The Morgan fingerprint density at radius 3 is 2.65 bits per heavy atom. The molecule has 1 amide bonds. The molecule has 0 spiro atoms. The van der Waals surface area contributed by atoms with Crippen LogP contribution in [0.2, 0.25) is 0 Å². The summed E-state index contributed by atoms with van der Waals surface area (Å²) in [5, 5.41) is 6.32. The first-order chi connectivity index (χ1) is 9.58. The fourth-order valence-corrected chi connectivity index (χ4v) is 1.24. The van der Waals surface area contributed by atoms with Crippen LogP contribution in [0.4, 0.5) is 0 Å². The zero-order valence-corrected chi connectivity index (χ0v) is 11.8. The number of carbonyl (C=O) groups excluding carboxylic acids is 1. The number of hydrogen-bond acceptors (Lipinski definition) is 4. The van der Waals surface area contributed by atoms with Crippen LogP contribution in [0.1, 0.15) is 13.8 Å². The molecule has 0 radical (unpaired) electrons. The third kappa shape index (κ3) is 7.25. The van der Waals surface area contributed by atoms with E-state index in [9.17, 15) is 4.79 Å². The van der Waals surface area contributed by atoms with E-state index in [1.54, 1.807) is 0 Å². The number of ether oxygens (including phenoxy) is 1. The van der Waals surface area contributed by atoms with Crippen LogP contribution >= 0.6 is 0 Å². The fraction of sp³-hybridized carbons (Fsp3) is 0.429. The van der Waals surface area contributed by atoms with Crippen molar-refractivity contribution in [3.05, 3.63) is 30.3 Å². The monoisotopic (exact) mass is 279 g/mol. The van der Waals surface area contributed by atoms with Gasteiger partial charge in [0.05, 0.1) is 0 Å². The van der Waals surface area contributed by atoms with Gasteiger partial charge in [-0.05, 0) is 18.1 Å². The zero-order chi connectivity index (χ0) is 14.8. The lowest BCUT2D eigenvalue weighted by Crippen LogP contribution is -2.30. The number of nitrogens with two attached hydrogens (primary N) is 1. The van der Waals surface area contributed by atoms with Gasteiger partial charge < -0.3 is 20.6 Å². The van der Waals surface area contributed by atoms with Gasteiger partial charge in [0.25, 0.3) is 5.91 Å². The molecule has 0 atom stereocenters. The summed E-state index contributed by atoms with van der Waals surface area (Å²) >= 11 is 0. The molecule has 1 aromatic carbocycles. The van der Waals surface area contributed by atoms with E-state index in [1.165, 1.54) is 0 Å². The molecule has 0 heterocycles. The summed E-state index contributed by atoms with van der Waals surface area (Å²) in [7, 11) is 0. The van der Waals surface area contributed by atoms with Crippen molar-refractivity contribution in [3.8, 4) is 5.75 Å². The molecule has 0 saturated heterocycles. The van der Waals surface area contributed by atoms with E-state index >= 15 is 0 Å². The molecule has 0 bridgehead atoms. The van der Waals surface area contributed by atoms with E-state index in [4.69, 9.17) is 15.3 Å². The molecule has 0 aliphatic heterocycles. The SMILES string of the molecule is CC(C)CNC(=O)CO/N=C(\N)COc1ccccc1. The summed E-state index contributed by atoms with van der Waals surface area (Å²) in [5.74, 6) is 1.04. The van der Waals surface area contributed by atoms with Gasteiger partial charge in [-0.15, -0.1) is 0 Å². The van der Waals surface area contributed by atoms with Crippen LogP contribution in [0, 0.1) is 5.92 Å². The number of amides is 1. The van der Waals surface area contributed by atoms with Gasteiger partial charge in [0.15, 0.2) is 12.4 Å². The Morgan fingerprint density at radius 2 is 2.00 bits per heavy atom. The maximum Gasteiger partial charge on any atom is 0.260 e. The minimum Gasteiger partial charge on any atom is -0.486 e. The maximum atomic E-state index is 11.3. The van der Waals surface area contributed by atoms with Gasteiger partial charge in [0, 0.05) is 6.54 Å². The lowest BCUT2D eigenvalue weighted by Gasteiger charge is -2.07. The fourth-order valence-electron chi connectivity index (χ4n) is 1.24. The van der Waals surface area contributed by atoms with Crippen LogP contribution in [0.3, 0.4) is 0 Å². The molecule has 0 unspecified atom stereocenters. The van der Waals surface area contributed by atoms with Crippen LogP contribution < -0.4 is 15.8 Å². The van der Waals surface area contributed by atoms with Gasteiger partial charge in [-0.3, -0.25) is 4.79 Å². The van der Waals surface area contributed by atoms with Gasteiger partial charge in [-0.25, -0.2) is 0 Å². The summed E-state index contributed by atoms with van der Waals surface area (Å²) in [6.45, 7) is 4.59. The predicted molar refractivity (Wildman–Crippen MR) is 77.4 cm³/mol. The van der Waals surface area contributed by atoms with Crippen LogP contribution in [0.25, 0.3) is 0 Å². The number of benzene rings is 1. The molecule has 6 nitrogen and oxygen atoms in total. The average molecular weight is 279 g/mol. The summed E-state index contributed by atoms with van der Waals surface area (Å²) in [4.78, 5) is 16.2. The molecule has 0 saturated carbocycles. The van der Waals surface area contributed by atoms with Crippen LogP contribution in [0.15, 0.2) is 35.5 Å². The normalized spacial score (nSPS) is 11.2. The number of amidine groups is 1. The number of rotatable bonds is 8. The minimum atomic E-state index is -0.223. The van der Waals surface area contributed by atoms with Gasteiger partial charge in [-0.2, -0.15) is 0 Å². The van der Waals surface area contributed by atoms with Crippen LogP contribution in [-0.2, 0) is 9.63 Å². The highest BCUT2D eigenvalue weighted by Gasteiger charge is 2.03. The van der Waals surface area contributed by atoms with Crippen LogP contribution in [-0.4, -0.2) is 31.5 Å². The second kappa shape index (κ2) is 8.79. The first-order valence-corrected chi connectivity index (χ1v) is 6.46. The lowest BCUT2D eigenvalue weighted by molar-refractivity contribution is -0.125. The molecule has 1 rings (SSSR count). The summed E-state index contributed by atoms with van der Waals surface area (Å²) in [6, 6.07) is 9.24. The van der Waals surface area contributed by atoms with Gasteiger partial charge in [0.2, 0.25) is 0 Å². The highest BCUT2D eigenvalue weighted by atomic mass is 16.6. The quantitative estimate of drug-likeness (QED) is 0.424. The summed E-state index contributed by atoms with van der Waals surface area (Å²) in [5.41, 5.74) is 5.60. The van der Waals surface area contributed by atoms with Gasteiger partial charge in [0.1, 0.15) is 12.4 Å². The Balaban J connectivity index is 2.20. The number of oxime groups is 1. The number of para-hydroxylation sites is 1. The van der Waals surface area contributed by atoms with E-state index in [-0.39, 0.29) is 25.0 Å². The van der Waals surface area contributed by atoms with Crippen LogP contribution in [0.5, 0.6) is 5.75 Å². The summed E-state index contributed by atoms with van der Waals surface area (Å²) < 4.78 is 5.37. The van der Waals surface area contributed by atoms with E-state index < -0.39 is 0 Å². The first kappa shape index (κ1) is 15.8. The molecule has 0 aliphatic carbocycles. The van der Waals surface area contributed by atoms with E-state index in [2.05, 4.69) is 10.5 Å². The summed E-state index contributed by atoms with van der Waals surface area (Å²) in [6.07, 6.45) is 0. The molecule has 3 N–H and O–H groups in total. The molecule has 0 fully saturated rings. The number of hydrogen-bond donors (Lipinski definition) is 2.